The molecule has 0 aromatic carbocycles. The van der Waals surface area contributed by atoms with Gasteiger partial charge in [0.15, 0.2) is 5.82 Å². The van der Waals surface area contributed by atoms with Gasteiger partial charge in [-0.05, 0) is 0 Å². The van der Waals surface area contributed by atoms with Gasteiger partial charge in [-0.25, -0.2) is 9.97 Å². The van der Waals surface area contributed by atoms with Crippen LogP contribution >= 0.6 is 0 Å². The number of methoxy groups -OCH3 is 1. The fourth-order valence-corrected chi connectivity index (χ4v) is 1.90. The van der Waals surface area contributed by atoms with Crippen molar-refractivity contribution in [1.82, 2.24) is 9.97 Å². The Labute approximate surface area is 112 Å². The molecule has 1 aromatic heterocycles. The molecule has 102 valence electrons. The number of nitrogens with zero attached hydrogens (tertiary/aromatic N) is 4. The van der Waals surface area contributed by atoms with E-state index in [1.807, 2.05) is 4.90 Å². The summed E-state index contributed by atoms with van der Waals surface area (Å²) >= 11 is 0. The van der Waals surface area contributed by atoms with Crippen molar-refractivity contribution < 1.29 is 9.47 Å². The normalized spacial score (nSPS) is 15.1. The molecule has 7 nitrogen and oxygen atoms in total. The van der Waals surface area contributed by atoms with Gasteiger partial charge in [-0.1, -0.05) is 0 Å². The summed E-state index contributed by atoms with van der Waals surface area (Å²) in [5.74, 6) is 1.22. The van der Waals surface area contributed by atoms with Gasteiger partial charge in [0.05, 0.1) is 19.8 Å². The highest BCUT2D eigenvalue weighted by molar-refractivity contribution is 5.65. The van der Waals surface area contributed by atoms with Gasteiger partial charge in [0.2, 0.25) is 0 Å². The van der Waals surface area contributed by atoms with Crippen molar-refractivity contribution >= 4 is 11.6 Å². The van der Waals surface area contributed by atoms with E-state index >= 15 is 0 Å². The highest BCUT2D eigenvalue weighted by Gasteiger charge is 2.19. The third-order valence-corrected chi connectivity index (χ3v) is 2.85. The fraction of sp³-hybridized carbons (Fsp3) is 0.583. The minimum Gasteiger partial charge on any atom is -0.383 e. The zero-order valence-electron chi connectivity index (χ0n) is 10.9. The van der Waals surface area contributed by atoms with Crippen LogP contribution in [0.1, 0.15) is 5.56 Å². The summed E-state index contributed by atoms with van der Waals surface area (Å²) in [4.78, 5) is 10.4. The molecular formula is C12H17N5O2. The van der Waals surface area contributed by atoms with E-state index in [-0.39, 0.29) is 0 Å². The van der Waals surface area contributed by atoms with Gasteiger partial charge in [-0.15, -0.1) is 0 Å². The number of morpholine rings is 1. The summed E-state index contributed by atoms with van der Waals surface area (Å²) in [6, 6.07) is 2.18. The first kappa shape index (κ1) is 13.5. The van der Waals surface area contributed by atoms with Crippen molar-refractivity contribution in [3.63, 3.8) is 0 Å². The third kappa shape index (κ3) is 3.30. The van der Waals surface area contributed by atoms with Crippen LogP contribution in [0.15, 0.2) is 6.33 Å². The van der Waals surface area contributed by atoms with Crippen molar-refractivity contribution in [1.29, 1.82) is 5.26 Å². The largest absolute Gasteiger partial charge is 0.383 e. The average molecular weight is 263 g/mol. The molecule has 1 aliphatic heterocycles. The molecule has 1 aliphatic rings. The van der Waals surface area contributed by atoms with Gasteiger partial charge in [-0.3, -0.25) is 0 Å². The Morgan fingerprint density at radius 3 is 2.95 bits per heavy atom. The second-order valence-corrected chi connectivity index (χ2v) is 4.05. The maximum Gasteiger partial charge on any atom is 0.152 e. The summed E-state index contributed by atoms with van der Waals surface area (Å²) in [6.45, 7) is 3.95. The average Bonchev–Trinajstić information content (AvgIpc) is 2.48. The van der Waals surface area contributed by atoms with E-state index in [0.29, 0.717) is 43.6 Å². The first-order valence-electron chi connectivity index (χ1n) is 6.17. The van der Waals surface area contributed by atoms with Crippen molar-refractivity contribution in [3.8, 4) is 6.07 Å². The van der Waals surface area contributed by atoms with E-state index in [9.17, 15) is 5.26 Å². The van der Waals surface area contributed by atoms with Gasteiger partial charge < -0.3 is 19.7 Å². The van der Waals surface area contributed by atoms with Crippen molar-refractivity contribution in [2.24, 2.45) is 0 Å². The number of rotatable bonds is 5. The van der Waals surface area contributed by atoms with E-state index in [4.69, 9.17) is 9.47 Å². The Balaban J connectivity index is 2.18. The van der Waals surface area contributed by atoms with Crippen LogP contribution < -0.4 is 10.2 Å². The second kappa shape index (κ2) is 6.87. The van der Waals surface area contributed by atoms with E-state index in [1.54, 1.807) is 7.11 Å². The third-order valence-electron chi connectivity index (χ3n) is 2.85. The lowest BCUT2D eigenvalue weighted by molar-refractivity contribution is 0.122. The smallest absolute Gasteiger partial charge is 0.152 e. The van der Waals surface area contributed by atoms with Gasteiger partial charge in [0, 0.05) is 26.7 Å². The number of ether oxygens (including phenoxy) is 2. The molecule has 1 fully saturated rings. The molecular weight excluding hydrogens is 246 g/mol. The monoisotopic (exact) mass is 263 g/mol. The van der Waals surface area contributed by atoms with Gasteiger partial charge in [-0.2, -0.15) is 5.26 Å². The summed E-state index contributed by atoms with van der Waals surface area (Å²) in [6.07, 6.45) is 1.47. The highest BCUT2D eigenvalue weighted by atomic mass is 16.5. The summed E-state index contributed by atoms with van der Waals surface area (Å²) in [5.41, 5.74) is 0.473. The van der Waals surface area contributed by atoms with Crippen molar-refractivity contribution in [2.75, 3.05) is 56.8 Å². The molecule has 2 heterocycles. The summed E-state index contributed by atoms with van der Waals surface area (Å²) in [7, 11) is 1.63. The molecule has 0 amide bonds. The van der Waals surface area contributed by atoms with Crippen LogP contribution in [0.5, 0.6) is 0 Å². The first-order chi connectivity index (χ1) is 9.36. The Kier molecular flexibility index (Phi) is 4.89. The number of hydrogen-bond donors (Lipinski definition) is 1. The first-order valence-corrected chi connectivity index (χ1v) is 6.17. The van der Waals surface area contributed by atoms with E-state index in [1.165, 1.54) is 6.33 Å². The molecule has 0 spiro atoms. The SMILES string of the molecule is COCCNc1ncnc(N2CCOCC2)c1C#N. The Morgan fingerprint density at radius 1 is 1.47 bits per heavy atom. The van der Waals surface area contributed by atoms with Crippen LogP contribution in [0.3, 0.4) is 0 Å². The van der Waals surface area contributed by atoms with Crippen LogP contribution in [0.25, 0.3) is 0 Å². The number of nitrogens with one attached hydrogen (secondary N) is 1. The van der Waals surface area contributed by atoms with Crippen LogP contribution in [0, 0.1) is 11.3 Å². The molecule has 0 radical (unpaired) electrons. The van der Waals surface area contributed by atoms with E-state index in [0.717, 1.165) is 13.1 Å². The lowest BCUT2D eigenvalue weighted by Gasteiger charge is -2.28. The number of hydrogen-bond acceptors (Lipinski definition) is 7. The Hall–Kier alpha value is -1.91. The Morgan fingerprint density at radius 2 is 2.26 bits per heavy atom. The zero-order chi connectivity index (χ0) is 13.5. The molecule has 0 bridgehead atoms. The second-order valence-electron chi connectivity index (χ2n) is 4.05. The zero-order valence-corrected chi connectivity index (χ0v) is 10.9. The van der Waals surface area contributed by atoms with Gasteiger partial charge in [0.25, 0.3) is 0 Å². The topological polar surface area (TPSA) is 83.3 Å². The number of anilines is 2. The maximum atomic E-state index is 9.33. The molecule has 7 heteroatoms. The summed E-state index contributed by atoms with van der Waals surface area (Å²) in [5, 5.41) is 12.4. The van der Waals surface area contributed by atoms with Gasteiger partial charge in [0.1, 0.15) is 23.8 Å². The molecule has 0 unspecified atom stereocenters. The molecule has 1 N–H and O–H groups in total. The summed E-state index contributed by atoms with van der Waals surface area (Å²) < 4.78 is 10.3. The molecule has 1 saturated heterocycles. The molecule has 2 rings (SSSR count). The fourth-order valence-electron chi connectivity index (χ4n) is 1.90. The van der Waals surface area contributed by atoms with Crippen molar-refractivity contribution in [3.05, 3.63) is 11.9 Å². The van der Waals surface area contributed by atoms with Gasteiger partial charge >= 0.3 is 0 Å². The van der Waals surface area contributed by atoms with Crippen LogP contribution in [-0.2, 0) is 9.47 Å². The maximum absolute atomic E-state index is 9.33. The lowest BCUT2D eigenvalue weighted by Crippen LogP contribution is -2.37. The molecule has 1 aromatic rings. The van der Waals surface area contributed by atoms with Crippen LogP contribution in [0.4, 0.5) is 11.6 Å². The van der Waals surface area contributed by atoms with E-state index in [2.05, 4.69) is 21.4 Å². The quantitative estimate of drug-likeness (QED) is 0.762. The lowest BCUT2D eigenvalue weighted by atomic mass is 10.2. The molecule has 19 heavy (non-hydrogen) atoms. The van der Waals surface area contributed by atoms with Crippen molar-refractivity contribution in [2.45, 2.75) is 0 Å². The Bertz CT molecular complexity index is 454. The molecule has 0 aliphatic carbocycles. The minimum absolute atomic E-state index is 0.473. The number of nitriles is 1. The minimum atomic E-state index is 0.473. The van der Waals surface area contributed by atoms with Crippen LogP contribution in [-0.4, -0.2) is 56.5 Å². The predicted octanol–water partition coefficient (Wildman–Crippen LogP) is 0.243. The molecule has 0 atom stereocenters. The van der Waals surface area contributed by atoms with E-state index < -0.39 is 0 Å². The highest BCUT2D eigenvalue weighted by Crippen LogP contribution is 2.22. The standard InChI is InChI=1S/C12H17N5O2/c1-18-5-2-14-11-10(8-13)12(16-9-15-11)17-3-6-19-7-4-17/h9H,2-7H2,1H3,(H,14,15,16). The number of aromatic nitrogens is 2. The van der Waals surface area contributed by atoms with Crippen LogP contribution in [0.2, 0.25) is 0 Å². The predicted molar refractivity (Wildman–Crippen MR) is 70.1 cm³/mol. The molecule has 0 saturated carbocycles.